The van der Waals surface area contributed by atoms with Crippen LogP contribution in [0.1, 0.15) is 6.42 Å². The second kappa shape index (κ2) is 5.07. The van der Waals surface area contributed by atoms with Crippen molar-refractivity contribution in [2.24, 2.45) is 23.7 Å². The van der Waals surface area contributed by atoms with Gasteiger partial charge in [-0.05, 0) is 18.3 Å². The van der Waals surface area contributed by atoms with Gasteiger partial charge in [0, 0.05) is 6.54 Å². The zero-order valence-electron chi connectivity index (χ0n) is 9.82. The Morgan fingerprint density at radius 2 is 1.89 bits per heavy atom. The average Bonchev–Trinajstić information content (AvgIpc) is 2.95. The maximum atomic E-state index is 12.0. The van der Waals surface area contributed by atoms with Crippen LogP contribution in [0.3, 0.4) is 0 Å². The number of carbonyl (C=O) groups excluding carboxylic acids is 1. The summed E-state index contributed by atoms with van der Waals surface area (Å²) in [5.74, 6) is -2.63. The highest BCUT2D eigenvalue weighted by Crippen LogP contribution is 2.48. The molecular weight excluding hydrogens is 238 g/mol. The first-order valence-corrected chi connectivity index (χ1v) is 6.02. The van der Waals surface area contributed by atoms with Gasteiger partial charge in [0.1, 0.15) is 0 Å². The van der Waals surface area contributed by atoms with Crippen LogP contribution in [-0.2, 0) is 9.59 Å². The van der Waals surface area contributed by atoms with E-state index in [1.807, 2.05) is 12.2 Å². The molecule has 1 saturated carbocycles. The molecule has 0 aromatic rings. The molecule has 0 aromatic heterocycles. The van der Waals surface area contributed by atoms with Crippen LogP contribution >= 0.6 is 0 Å². The van der Waals surface area contributed by atoms with E-state index in [2.05, 4.69) is 5.32 Å². The van der Waals surface area contributed by atoms with Gasteiger partial charge in [0.05, 0.1) is 24.5 Å². The molecule has 0 aliphatic heterocycles. The van der Waals surface area contributed by atoms with Gasteiger partial charge in [-0.1, -0.05) is 12.2 Å². The topological polar surface area (TPSA) is 107 Å². The van der Waals surface area contributed by atoms with Crippen molar-refractivity contribution >= 4 is 11.9 Å². The van der Waals surface area contributed by atoms with E-state index in [0.29, 0.717) is 6.42 Å². The molecule has 0 aromatic carbocycles. The van der Waals surface area contributed by atoms with Gasteiger partial charge < -0.3 is 20.6 Å². The van der Waals surface area contributed by atoms with Crippen LogP contribution in [-0.4, -0.2) is 46.5 Å². The number of fused-ring (bicyclic) bond motifs is 2. The molecule has 4 N–H and O–H groups in total. The van der Waals surface area contributed by atoms with E-state index in [9.17, 15) is 14.7 Å². The van der Waals surface area contributed by atoms with Crippen molar-refractivity contribution < 1.29 is 24.9 Å². The van der Waals surface area contributed by atoms with Gasteiger partial charge >= 0.3 is 5.97 Å². The monoisotopic (exact) mass is 255 g/mol. The molecule has 2 bridgehead atoms. The van der Waals surface area contributed by atoms with Crippen molar-refractivity contribution in [3.8, 4) is 0 Å². The summed E-state index contributed by atoms with van der Waals surface area (Å²) < 4.78 is 0. The Morgan fingerprint density at radius 3 is 2.44 bits per heavy atom. The van der Waals surface area contributed by atoms with Crippen LogP contribution in [0.5, 0.6) is 0 Å². The highest BCUT2D eigenvalue weighted by Gasteiger charge is 2.51. The quantitative estimate of drug-likeness (QED) is 0.470. The van der Waals surface area contributed by atoms with Crippen LogP contribution in [0, 0.1) is 23.7 Å². The molecule has 1 amide bonds. The Bertz CT molecular complexity index is 381. The van der Waals surface area contributed by atoms with Gasteiger partial charge in [-0.2, -0.15) is 0 Å². The lowest BCUT2D eigenvalue weighted by Crippen LogP contribution is -2.43. The zero-order valence-corrected chi connectivity index (χ0v) is 9.82. The normalized spacial score (nSPS) is 34.6. The first-order valence-electron chi connectivity index (χ1n) is 6.02. The average molecular weight is 255 g/mol. The third-order valence-corrected chi connectivity index (χ3v) is 3.77. The number of carboxylic acid groups (broad SMARTS) is 1. The molecule has 0 radical (unpaired) electrons. The summed E-state index contributed by atoms with van der Waals surface area (Å²) in [5.41, 5.74) is 0. The Balaban J connectivity index is 2.01. The number of aliphatic hydroxyl groups is 2. The summed E-state index contributed by atoms with van der Waals surface area (Å²) in [6, 6.07) is 0. The highest BCUT2D eigenvalue weighted by atomic mass is 16.4. The maximum Gasteiger partial charge on any atom is 0.307 e. The van der Waals surface area contributed by atoms with E-state index in [4.69, 9.17) is 10.2 Å². The van der Waals surface area contributed by atoms with Gasteiger partial charge in [-0.25, -0.2) is 0 Å². The van der Waals surface area contributed by atoms with Gasteiger partial charge in [0.15, 0.2) is 0 Å². The van der Waals surface area contributed by atoms with E-state index in [1.165, 1.54) is 0 Å². The summed E-state index contributed by atoms with van der Waals surface area (Å²) in [5, 5.41) is 29.5. The SMILES string of the molecule is O=C(O)[C@@H]1C2C=CC(C2)[C@@H]1C(=O)NCC(O)CO. The summed E-state index contributed by atoms with van der Waals surface area (Å²) >= 11 is 0. The summed E-state index contributed by atoms with van der Waals surface area (Å²) in [6.07, 6.45) is 3.47. The van der Waals surface area contributed by atoms with Crippen LogP contribution in [0.2, 0.25) is 0 Å². The second-order valence-electron chi connectivity index (χ2n) is 4.92. The standard InChI is InChI=1S/C12H17NO5/c14-5-8(15)4-13-11(16)9-6-1-2-7(3-6)10(9)12(17)18/h1-2,6-10,14-15H,3-5H2,(H,13,16)(H,17,18)/t6?,7?,8?,9-,10+/m0/s1. The number of hydrogen-bond acceptors (Lipinski definition) is 4. The molecule has 0 saturated heterocycles. The van der Waals surface area contributed by atoms with Crippen molar-refractivity contribution in [1.82, 2.24) is 5.32 Å². The molecule has 100 valence electrons. The lowest BCUT2D eigenvalue weighted by atomic mass is 9.82. The third-order valence-electron chi connectivity index (χ3n) is 3.77. The fraction of sp³-hybridized carbons (Fsp3) is 0.667. The fourth-order valence-corrected chi connectivity index (χ4v) is 2.92. The molecule has 18 heavy (non-hydrogen) atoms. The van der Waals surface area contributed by atoms with Gasteiger partial charge in [0.25, 0.3) is 0 Å². The number of nitrogens with one attached hydrogen (secondary N) is 1. The van der Waals surface area contributed by atoms with Crippen molar-refractivity contribution in [3.05, 3.63) is 12.2 Å². The Morgan fingerprint density at radius 1 is 1.28 bits per heavy atom. The maximum absolute atomic E-state index is 12.0. The zero-order chi connectivity index (χ0) is 13.3. The van der Waals surface area contributed by atoms with Crippen LogP contribution in [0.4, 0.5) is 0 Å². The molecule has 2 aliphatic carbocycles. The summed E-state index contributed by atoms with van der Waals surface area (Å²) in [4.78, 5) is 23.2. The minimum absolute atomic E-state index is 0.0256. The molecule has 2 rings (SSSR count). The minimum Gasteiger partial charge on any atom is -0.481 e. The molecule has 6 nitrogen and oxygen atoms in total. The highest BCUT2D eigenvalue weighted by molar-refractivity contribution is 5.86. The number of hydrogen-bond donors (Lipinski definition) is 4. The Labute approximate surface area is 104 Å². The van der Waals surface area contributed by atoms with E-state index in [0.717, 1.165) is 0 Å². The van der Waals surface area contributed by atoms with Crippen LogP contribution in [0.15, 0.2) is 12.2 Å². The number of amides is 1. The third kappa shape index (κ3) is 2.26. The van der Waals surface area contributed by atoms with Crippen molar-refractivity contribution in [2.75, 3.05) is 13.2 Å². The fourth-order valence-electron chi connectivity index (χ4n) is 2.92. The molecule has 3 unspecified atom stereocenters. The van der Waals surface area contributed by atoms with E-state index >= 15 is 0 Å². The summed E-state index contributed by atoms with van der Waals surface area (Å²) in [6.45, 7) is -0.488. The second-order valence-corrected chi connectivity index (χ2v) is 4.92. The van der Waals surface area contributed by atoms with E-state index < -0.39 is 30.5 Å². The molecule has 1 fully saturated rings. The molecule has 6 heteroatoms. The lowest BCUT2D eigenvalue weighted by Gasteiger charge is -2.24. The molecule has 5 atom stereocenters. The van der Waals surface area contributed by atoms with Crippen molar-refractivity contribution in [3.63, 3.8) is 0 Å². The molecule has 0 spiro atoms. The number of rotatable bonds is 5. The molecular formula is C12H17NO5. The largest absolute Gasteiger partial charge is 0.481 e. The van der Waals surface area contributed by atoms with E-state index in [-0.39, 0.29) is 24.3 Å². The Hall–Kier alpha value is -1.40. The number of aliphatic carboxylic acids is 1. The number of allylic oxidation sites excluding steroid dienone is 2. The van der Waals surface area contributed by atoms with Gasteiger partial charge in [0.2, 0.25) is 5.91 Å². The van der Waals surface area contributed by atoms with E-state index in [1.54, 1.807) is 0 Å². The lowest BCUT2D eigenvalue weighted by molar-refractivity contribution is -0.147. The first-order chi connectivity index (χ1) is 8.54. The minimum atomic E-state index is -1.01. The first kappa shape index (κ1) is 13.0. The predicted octanol–water partition coefficient (Wildman–Crippen LogP) is -1.02. The molecule has 0 heterocycles. The Kier molecular flexibility index (Phi) is 3.68. The smallest absolute Gasteiger partial charge is 0.307 e. The number of aliphatic hydroxyl groups excluding tert-OH is 2. The summed E-state index contributed by atoms with van der Waals surface area (Å²) in [7, 11) is 0. The molecule has 2 aliphatic rings. The predicted molar refractivity (Wildman–Crippen MR) is 61.5 cm³/mol. The van der Waals surface area contributed by atoms with Crippen LogP contribution < -0.4 is 5.32 Å². The van der Waals surface area contributed by atoms with Crippen molar-refractivity contribution in [1.29, 1.82) is 0 Å². The van der Waals surface area contributed by atoms with Gasteiger partial charge in [-0.3, -0.25) is 9.59 Å². The number of carbonyl (C=O) groups is 2. The van der Waals surface area contributed by atoms with Gasteiger partial charge in [-0.15, -0.1) is 0 Å². The number of carboxylic acids is 1. The van der Waals surface area contributed by atoms with Crippen molar-refractivity contribution in [2.45, 2.75) is 12.5 Å². The van der Waals surface area contributed by atoms with Crippen LogP contribution in [0.25, 0.3) is 0 Å².